The van der Waals surface area contributed by atoms with Gasteiger partial charge in [-0.3, -0.25) is 19.7 Å². The van der Waals surface area contributed by atoms with E-state index in [0.717, 1.165) is 0 Å². The van der Waals surface area contributed by atoms with Gasteiger partial charge in [0.05, 0.1) is 19.1 Å². The zero-order valence-electron chi connectivity index (χ0n) is 11.4. The summed E-state index contributed by atoms with van der Waals surface area (Å²) < 4.78 is 4.64. The number of amides is 3. The van der Waals surface area contributed by atoms with E-state index in [2.05, 4.69) is 10.1 Å². The van der Waals surface area contributed by atoms with Gasteiger partial charge in [-0.1, -0.05) is 0 Å². The molecule has 0 bridgehead atoms. The van der Waals surface area contributed by atoms with Crippen molar-refractivity contribution in [1.82, 2.24) is 10.2 Å². The van der Waals surface area contributed by atoms with Gasteiger partial charge in [0.1, 0.15) is 0 Å². The van der Waals surface area contributed by atoms with Gasteiger partial charge in [-0.25, -0.2) is 4.79 Å². The van der Waals surface area contributed by atoms with Gasteiger partial charge in [-0.15, -0.1) is 0 Å². The molecule has 1 N–H and O–H groups in total. The van der Waals surface area contributed by atoms with Crippen molar-refractivity contribution in [3.05, 3.63) is 34.9 Å². The van der Waals surface area contributed by atoms with Crippen molar-refractivity contribution >= 4 is 23.7 Å². The molecule has 0 radical (unpaired) electrons. The molecular formula is C14H12N2O5. The molecule has 2 heterocycles. The van der Waals surface area contributed by atoms with Crippen LogP contribution in [0.15, 0.2) is 18.2 Å². The molecular weight excluding hydrogens is 276 g/mol. The van der Waals surface area contributed by atoms with Crippen LogP contribution in [-0.2, 0) is 19.9 Å². The summed E-state index contributed by atoms with van der Waals surface area (Å²) in [5.41, 5.74) is -0.463. The van der Waals surface area contributed by atoms with Crippen molar-refractivity contribution in [2.45, 2.75) is 12.0 Å². The van der Waals surface area contributed by atoms with Crippen LogP contribution in [0.25, 0.3) is 0 Å². The first-order chi connectivity index (χ1) is 9.91. The number of ether oxygens (including phenoxy) is 1. The van der Waals surface area contributed by atoms with Crippen molar-refractivity contribution in [3.8, 4) is 0 Å². The molecule has 1 aromatic rings. The molecule has 0 aromatic heterocycles. The topological polar surface area (TPSA) is 92.8 Å². The van der Waals surface area contributed by atoms with Gasteiger partial charge < -0.3 is 9.64 Å². The highest BCUT2D eigenvalue weighted by atomic mass is 16.5. The Morgan fingerprint density at radius 3 is 2.62 bits per heavy atom. The number of esters is 1. The number of fused-ring (bicyclic) bond motifs is 2. The maximum atomic E-state index is 12.3. The Morgan fingerprint density at radius 1 is 1.33 bits per heavy atom. The first-order valence-corrected chi connectivity index (χ1v) is 6.27. The lowest BCUT2D eigenvalue weighted by Gasteiger charge is -2.28. The highest BCUT2D eigenvalue weighted by Crippen LogP contribution is 2.43. The van der Waals surface area contributed by atoms with E-state index < -0.39 is 23.3 Å². The average Bonchev–Trinajstić information content (AvgIpc) is 2.89. The van der Waals surface area contributed by atoms with E-state index in [4.69, 9.17) is 0 Å². The molecule has 21 heavy (non-hydrogen) atoms. The smallest absolute Gasteiger partial charge is 0.337 e. The van der Waals surface area contributed by atoms with Gasteiger partial charge >= 0.3 is 5.97 Å². The number of rotatable bonds is 1. The number of likely N-dealkylation sites (N-methyl/N-ethyl adjacent to an activating group) is 1. The summed E-state index contributed by atoms with van der Waals surface area (Å²) in [6.07, 6.45) is -0.147. The fraction of sp³-hybridized carbons (Fsp3) is 0.286. The number of benzene rings is 1. The number of hydrogen-bond acceptors (Lipinski definition) is 5. The van der Waals surface area contributed by atoms with Gasteiger partial charge in [-0.2, -0.15) is 0 Å². The van der Waals surface area contributed by atoms with Gasteiger partial charge in [0, 0.05) is 18.2 Å². The third-order valence-electron chi connectivity index (χ3n) is 4.04. The first kappa shape index (κ1) is 13.3. The van der Waals surface area contributed by atoms with E-state index in [1.165, 1.54) is 37.3 Å². The Morgan fingerprint density at radius 2 is 2.05 bits per heavy atom. The summed E-state index contributed by atoms with van der Waals surface area (Å²) in [6, 6.07) is 4.39. The van der Waals surface area contributed by atoms with Crippen LogP contribution in [0.2, 0.25) is 0 Å². The maximum Gasteiger partial charge on any atom is 0.337 e. The van der Waals surface area contributed by atoms with E-state index in [0.29, 0.717) is 11.1 Å². The molecule has 1 unspecified atom stereocenters. The molecule has 1 aromatic carbocycles. The van der Waals surface area contributed by atoms with Crippen molar-refractivity contribution in [2.75, 3.05) is 14.2 Å². The third-order valence-corrected chi connectivity index (χ3v) is 4.04. The minimum Gasteiger partial charge on any atom is -0.465 e. The number of hydrogen-bond donors (Lipinski definition) is 1. The van der Waals surface area contributed by atoms with Crippen LogP contribution in [0.3, 0.4) is 0 Å². The van der Waals surface area contributed by atoms with Crippen molar-refractivity contribution < 1.29 is 23.9 Å². The number of imide groups is 1. The molecule has 7 heteroatoms. The molecule has 0 saturated carbocycles. The fourth-order valence-corrected chi connectivity index (χ4v) is 2.93. The number of nitrogens with one attached hydrogen (secondary N) is 1. The van der Waals surface area contributed by atoms with Gasteiger partial charge in [-0.05, 0) is 18.2 Å². The minimum atomic E-state index is -1.37. The van der Waals surface area contributed by atoms with Crippen LogP contribution < -0.4 is 5.32 Å². The molecule has 3 rings (SSSR count). The Balaban J connectivity index is 2.23. The highest BCUT2D eigenvalue weighted by molar-refractivity contribution is 6.15. The monoisotopic (exact) mass is 288 g/mol. The Labute approximate surface area is 119 Å². The van der Waals surface area contributed by atoms with E-state index >= 15 is 0 Å². The zero-order valence-corrected chi connectivity index (χ0v) is 11.4. The summed E-state index contributed by atoms with van der Waals surface area (Å²) in [4.78, 5) is 49.0. The standard InChI is InChI=1S/C14H12N2O5/c1-16-11(18)8-4-3-7(12(19)21-2)5-9(8)14(16)6-10(17)15-13(14)20/h3-5H,6H2,1-2H3,(H,15,17,20). The maximum absolute atomic E-state index is 12.3. The molecule has 0 aliphatic carbocycles. The molecule has 1 spiro atoms. The van der Waals surface area contributed by atoms with Gasteiger partial charge in [0.2, 0.25) is 5.91 Å². The van der Waals surface area contributed by atoms with Crippen LogP contribution in [-0.4, -0.2) is 42.7 Å². The second kappa shape index (κ2) is 4.15. The number of nitrogens with zero attached hydrogens (tertiary/aromatic N) is 1. The van der Waals surface area contributed by atoms with E-state index in [1.54, 1.807) is 0 Å². The second-order valence-corrected chi connectivity index (χ2v) is 5.03. The fourth-order valence-electron chi connectivity index (χ4n) is 2.93. The lowest BCUT2D eigenvalue weighted by Crippen LogP contribution is -2.46. The first-order valence-electron chi connectivity index (χ1n) is 6.27. The summed E-state index contributed by atoms with van der Waals surface area (Å²) in [7, 11) is 2.72. The third kappa shape index (κ3) is 1.54. The Kier molecular flexibility index (Phi) is 2.62. The zero-order chi connectivity index (χ0) is 15.4. The second-order valence-electron chi connectivity index (χ2n) is 5.03. The van der Waals surface area contributed by atoms with Crippen LogP contribution in [0, 0.1) is 0 Å². The molecule has 1 saturated heterocycles. The van der Waals surface area contributed by atoms with Crippen LogP contribution >= 0.6 is 0 Å². The molecule has 1 atom stereocenters. The molecule has 2 aliphatic heterocycles. The molecule has 3 amide bonds. The van der Waals surface area contributed by atoms with Crippen LogP contribution in [0.5, 0.6) is 0 Å². The minimum absolute atomic E-state index is 0.147. The molecule has 7 nitrogen and oxygen atoms in total. The predicted molar refractivity (Wildman–Crippen MR) is 69.3 cm³/mol. The highest BCUT2D eigenvalue weighted by Gasteiger charge is 2.58. The number of methoxy groups -OCH3 is 1. The van der Waals surface area contributed by atoms with Crippen molar-refractivity contribution in [3.63, 3.8) is 0 Å². The van der Waals surface area contributed by atoms with Crippen molar-refractivity contribution in [2.24, 2.45) is 0 Å². The van der Waals surface area contributed by atoms with E-state index in [1.807, 2.05) is 0 Å². The normalized spacial score (nSPS) is 23.5. The summed E-state index contributed by atoms with van der Waals surface area (Å²) >= 11 is 0. The predicted octanol–water partition coefficient (Wildman–Crippen LogP) is -0.199. The summed E-state index contributed by atoms with van der Waals surface area (Å²) in [6.45, 7) is 0. The van der Waals surface area contributed by atoms with Gasteiger partial charge in [0.25, 0.3) is 11.8 Å². The number of carbonyl (C=O) groups is 4. The molecule has 1 fully saturated rings. The van der Waals surface area contributed by atoms with Crippen LogP contribution in [0.4, 0.5) is 0 Å². The SMILES string of the molecule is COC(=O)c1ccc2c(c1)C1(CC(=O)NC1=O)N(C)C2=O. The lowest BCUT2D eigenvalue weighted by atomic mass is 9.87. The average molecular weight is 288 g/mol. The van der Waals surface area contributed by atoms with E-state index in [9.17, 15) is 19.2 Å². The number of carbonyl (C=O) groups excluding carboxylic acids is 4. The van der Waals surface area contributed by atoms with Crippen LogP contribution in [0.1, 0.15) is 32.7 Å². The van der Waals surface area contributed by atoms with E-state index in [-0.39, 0.29) is 17.9 Å². The summed E-state index contributed by atoms with van der Waals surface area (Å²) in [5.74, 6) is -1.92. The molecule has 108 valence electrons. The van der Waals surface area contributed by atoms with Crippen molar-refractivity contribution in [1.29, 1.82) is 0 Å². The Bertz CT molecular complexity index is 711. The van der Waals surface area contributed by atoms with Gasteiger partial charge in [0.15, 0.2) is 5.54 Å². The lowest BCUT2D eigenvalue weighted by molar-refractivity contribution is -0.129. The largest absolute Gasteiger partial charge is 0.465 e. The Hall–Kier alpha value is -2.70. The quantitative estimate of drug-likeness (QED) is 0.570. The molecule has 2 aliphatic rings. The summed E-state index contributed by atoms with van der Waals surface area (Å²) in [5, 5.41) is 2.22.